The maximum atomic E-state index is 5.34. The Hall–Kier alpha value is -2.89. The Kier molecular flexibility index (Phi) is 2.87. The van der Waals surface area contributed by atoms with Gasteiger partial charge in [-0.3, -0.25) is 5.10 Å². The minimum absolute atomic E-state index is 0.786. The van der Waals surface area contributed by atoms with Gasteiger partial charge in [-0.2, -0.15) is 5.10 Å². The summed E-state index contributed by atoms with van der Waals surface area (Å²) in [6.07, 6.45) is 1.82. The van der Waals surface area contributed by atoms with Crippen LogP contribution >= 0.6 is 0 Å². The third-order valence-electron chi connectivity index (χ3n) is 4.17. The molecule has 0 saturated heterocycles. The van der Waals surface area contributed by atoms with E-state index in [9.17, 15) is 0 Å². The van der Waals surface area contributed by atoms with Crippen LogP contribution in [0.3, 0.4) is 0 Å². The first-order valence-corrected chi connectivity index (χ1v) is 7.40. The highest BCUT2D eigenvalue weighted by Crippen LogP contribution is 2.37. The fourth-order valence-corrected chi connectivity index (χ4v) is 3.16. The molecule has 0 bridgehead atoms. The minimum Gasteiger partial charge on any atom is -0.361 e. The quantitative estimate of drug-likeness (QED) is 0.603. The van der Waals surface area contributed by atoms with Crippen molar-refractivity contribution in [1.82, 2.24) is 20.5 Å². The monoisotopic (exact) mass is 308 g/mol. The summed E-state index contributed by atoms with van der Waals surface area (Å²) in [5, 5.41) is 16.4. The van der Waals surface area contributed by atoms with Gasteiger partial charge in [0.1, 0.15) is 11.5 Å². The number of fused-ring (bicyclic) bond motifs is 1. The van der Waals surface area contributed by atoms with Gasteiger partial charge in [-0.05, 0) is 45.4 Å². The van der Waals surface area contributed by atoms with Gasteiger partial charge in [0, 0.05) is 22.1 Å². The second-order valence-electron chi connectivity index (χ2n) is 5.76. The van der Waals surface area contributed by atoms with Gasteiger partial charge in [0.25, 0.3) is 0 Å². The van der Waals surface area contributed by atoms with Crippen LogP contribution in [0.25, 0.3) is 33.2 Å². The van der Waals surface area contributed by atoms with Crippen LogP contribution in [0.5, 0.6) is 0 Å². The molecule has 1 aromatic carbocycles. The zero-order chi connectivity index (χ0) is 16.1. The number of aryl methyl sites for hydroxylation is 4. The highest BCUT2D eigenvalue weighted by atomic mass is 16.5. The molecule has 6 nitrogen and oxygen atoms in total. The molecule has 0 saturated carbocycles. The first-order valence-electron chi connectivity index (χ1n) is 7.40. The molecule has 0 fully saturated rings. The molecule has 0 aliphatic rings. The second kappa shape index (κ2) is 4.81. The summed E-state index contributed by atoms with van der Waals surface area (Å²) >= 11 is 0. The van der Waals surface area contributed by atoms with Crippen LogP contribution in [0.4, 0.5) is 0 Å². The maximum absolute atomic E-state index is 5.34. The molecule has 116 valence electrons. The molecule has 23 heavy (non-hydrogen) atoms. The van der Waals surface area contributed by atoms with Gasteiger partial charge in [-0.25, -0.2) is 0 Å². The Morgan fingerprint density at radius 1 is 0.870 bits per heavy atom. The van der Waals surface area contributed by atoms with Gasteiger partial charge in [-0.15, -0.1) is 0 Å². The van der Waals surface area contributed by atoms with Gasteiger partial charge in [0.2, 0.25) is 0 Å². The highest BCUT2D eigenvalue weighted by molar-refractivity contribution is 5.98. The molecule has 0 radical (unpaired) electrons. The van der Waals surface area contributed by atoms with E-state index < -0.39 is 0 Å². The molecule has 4 aromatic rings. The lowest BCUT2D eigenvalue weighted by Gasteiger charge is -2.07. The first-order chi connectivity index (χ1) is 11.1. The van der Waals surface area contributed by atoms with Crippen molar-refractivity contribution >= 4 is 10.9 Å². The fraction of sp³-hybridized carbons (Fsp3) is 0.235. The third kappa shape index (κ3) is 1.98. The summed E-state index contributed by atoms with van der Waals surface area (Å²) in [5.41, 5.74) is 6.77. The smallest absolute Gasteiger partial charge is 0.141 e. The first kappa shape index (κ1) is 13.8. The highest BCUT2D eigenvalue weighted by Gasteiger charge is 2.19. The largest absolute Gasteiger partial charge is 0.361 e. The van der Waals surface area contributed by atoms with Crippen LogP contribution in [-0.2, 0) is 0 Å². The molecule has 6 heteroatoms. The van der Waals surface area contributed by atoms with Gasteiger partial charge in [0.15, 0.2) is 0 Å². The Morgan fingerprint density at radius 2 is 1.52 bits per heavy atom. The molecule has 0 unspecified atom stereocenters. The van der Waals surface area contributed by atoms with E-state index in [2.05, 4.69) is 32.6 Å². The number of nitrogens with zero attached hydrogens (tertiary/aromatic N) is 3. The van der Waals surface area contributed by atoms with Crippen molar-refractivity contribution in [3.05, 3.63) is 41.2 Å². The zero-order valence-electron chi connectivity index (χ0n) is 13.4. The van der Waals surface area contributed by atoms with Crippen LogP contribution < -0.4 is 0 Å². The van der Waals surface area contributed by atoms with E-state index in [-0.39, 0.29) is 0 Å². The molecule has 0 aliphatic heterocycles. The average Bonchev–Trinajstić information content (AvgIpc) is 3.19. The summed E-state index contributed by atoms with van der Waals surface area (Å²) in [5.74, 6) is 1.59. The van der Waals surface area contributed by atoms with Crippen LogP contribution in [0.15, 0.2) is 27.4 Å². The van der Waals surface area contributed by atoms with Crippen molar-refractivity contribution in [3.63, 3.8) is 0 Å². The molecule has 0 amide bonds. The predicted molar refractivity (Wildman–Crippen MR) is 86.0 cm³/mol. The third-order valence-corrected chi connectivity index (χ3v) is 4.17. The SMILES string of the molecule is Cc1noc(C)c1-c1cc(-c2c(C)noc2C)c2[nH]ncc2c1. The van der Waals surface area contributed by atoms with Gasteiger partial charge in [0.05, 0.1) is 23.1 Å². The number of H-pyrrole nitrogens is 1. The number of benzene rings is 1. The topological polar surface area (TPSA) is 80.7 Å². The van der Waals surface area contributed by atoms with Gasteiger partial charge >= 0.3 is 0 Å². The molecular formula is C17H16N4O2. The van der Waals surface area contributed by atoms with Gasteiger partial charge < -0.3 is 9.05 Å². The Balaban J connectivity index is 2.07. The zero-order valence-corrected chi connectivity index (χ0v) is 13.4. The lowest BCUT2D eigenvalue weighted by molar-refractivity contribution is 0.393. The van der Waals surface area contributed by atoms with Gasteiger partial charge in [-0.1, -0.05) is 10.3 Å². The molecule has 4 rings (SSSR count). The number of nitrogens with one attached hydrogen (secondary N) is 1. The Labute approximate surface area is 132 Å². The van der Waals surface area contributed by atoms with E-state index in [1.807, 2.05) is 33.9 Å². The number of aromatic amines is 1. The van der Waals surface area contributed by atoms with E-state index in [1.54, 1.807) is 0 Å². The lowest BCUT2D eigenvalue weighted by atomic mass is 9.95. The van der Waals surface area contributed by atoms with E-state index in [1.165, 1.54) is 0 Å². The van der Waals surface area contributed by atoms with Crippen molar-refractivity contribution < 1.29 is 9.05 Å². The van der Waals surface area contributed by atoms with Crippen molar-refractivity contribution in [2.75, 3.05) is 0 Å². The molecule has 1 N–H and O–H groups in total. The summed E-state index contributed by atoms with van der Waals surface area (Å²) < 4.78 is 10.7. The van der Waals surface area contributed by atoms with Crippen LogP contribution in [-0.4, -0.2) is 20.5 Å². The summed E-state index contributed by atoms with van der Waals surface area (Å²) in [7, 11) is 0. The molecule has 0 aliphatic carbocycles. The van der Waals surface area contributed by atoms with Crippen LogP contribution in [0.1, 0.15) is 22.9 Å². The van der Waals surface area contributed by atoms with E-state index in [0.717, 1.165) is 56.1 Å². The number of aromatic nitrogens is 4. The number of rotatable bonds is 2. The molecule has 3 heterocycles. The van der Waals surface area contributed by atoms with Crippen molar-refractivity contribution in [3.8, 4) is 22.3 Å². The van der Waals surface area contributed by atoms with E-state index in [0.29, 0.717) is 0 Å². The summed E-state index contributed by atoms with van der Waals surface area (Å²) in [6.45, 7) is 7.72. The summed E-state index contributed by atoms with van der Waals surface area (Å²) in [6, 6.07) is 4.20. The Morgan fingerprint density at radius 3 is 2.13 bits per heavy atom. The minimum atomic E-state index is 0.786. The van der Waals surface area contributed by atoms with Crippen molar-refractivity contribution in [1.29, 1.82) is 0 Å². The average molecular weight is 308 g/mol. The number of hydrogen-bond acceptors (Lipinski definition) is 5. The van der Waals surface area contributed by atoms with Crippen LogP contribution in [0, 0.1) is 27.7 Å². The molecular weight excluding hydrogens is 292 g/mol. The second-order valence-corrected chi connectivity index (χ2v) is 5.76. The normalized spacial score (nSPS) is 11.5. The summed E-state index contributed by atoms with van der Waals surface area (Å²) in [4.78, 5) is 0. The van der Waals surface area contributed by atoms with E-state index in [4.69, 9.17) is 9.05 Å². The standard InChI is InChI=1S/C17H16N4O2/c1-8-15(10(3)22-20-8)12-5-13-7-18-19-17(13)14(6-12)16-9(2)21-23-11(16)4/h5-7H,1-4H3,(H,18,19). The van der Waals surface area contributed by atoms with Crippen LogP contribution in [0.2, 0.25) is 0 Å². The molecule has 3 aromatic heterocycles. The van der Waals surface area contributed by atoms with E-state index >= 15 is 0 Å². The Bertz CT molecular complexity index is 984. The van der Waals surface area contributed by atoms with Crippen molar-refractivity contribution in [2.45, 2.75) is 27.7 Å². The van der Waals surface area contributed by atoms with Crippen molar-refractivity contribution in [2.24, 2.45) is 0 Å². The number of hydrogen-bond donors (Lipinski definition) is 1. The maximum Gasteiger partial charge on any atom is 0.141 e. The lowest BCUT2D eigenvalue weighted by Crippen LogP contribution is -1.88. The molecule has 0 spiro atoms. The fourth-order valence-electron chi connectivity index (χ4n) is 3.16. The predicted octanol–water partition coefficient (Wildman–Crippen LogP) is 4.11. The molecule has 0 atom stereocenters.